The van der Waals surface area contributed by atoms with Crippen molar-refractivity contribution in [2.24, 2.45) is 0 Å². The van der Waals surface area contributed by atoms with Crippen LogP contribution in [0, 0.1) is 0 Å². The summed E-state index contributed by atoms with van der Waals surface area (Å²) in [6.45, 7) is 1.74. The van der Waals surface area contributed by atoms with E-state index in [1.54, 1.807) is 31.2 Å². The van der Waals surface area contributed by atoms with E-state index in [9.17, 15) is 9.59 Å². The molecule has 1 aliphatic rings. The zero-order valence-corrected chi connectivity index (χ0v) is 10.6. The van der Waals surface area contributed by atoms with E-state index in [4.69, 9.17) is 9.47 Å². The largest absolute Gasteiger partial charge is 0.352 e. The smallest absolute Gasteiger partial charge is 0.261 e. The second-order valence-corrected chi connectivity index (χ2v) is 4.28. The van der Waals surface area contributed by atoms with Crippen LogP contribution in [-0.4, -0.2) is 43.3 Å². The molecule has 2 rings (SSSR count). The van der Waals surface area contributed by atoms with Gasteiger partial charge in [0, 0.05) is 14.2 Å². The van der Waals surface area contributed by atoms with Crippen molar-refractivity contribution in [1.82, 2.24) is 4.90 Å². The predicted octanol–water partition coefficient (Wildman–Crippen LogP) is 1.29. The molecule has 0 radical (unpaired) electrons. The topological polar surface area (TPSA) is 55.8 Å². The lowest BCUT2D eigenvalue weighted by atomic mass is 10.1. The summed E-state index contributed by atoms with van der Waals surface area (Å²) in [5.41, 5.74) is 0.856. The lowest BCUT2D eigenvalue weighted by Gasteiger charge is -2.29. The lowest BCUT2D eigenvalue weighted by Crippen LogP contribution is -2.46. The number of hydrogen-bond acceptors (Lipinski definition) is 4. The molecule has 5 nitrogen and oxygen atoms in total. The molecule has 0 saturated heterocycles. The second kappa shape index (κ2) is 4.51. The van der Waals surface area contributed by atoms with Gasteiger partial charge in [0.25, 0.3) is 11.8 Å². The number of amides is 2. The van der Waals surface area contributed by atoms with Gasteiger partial charge in [0.1, 0.15) is 0 Å². The van der Waals surface area contributed by atoms with Crippen LogP contribution < -0.4 is 0 Å². The van der Waals surface area contributed by atoms with Gasteiger partial charge < -0.3 is 9.47 Å². The number of imide groups is 1. The summed E-state index contributed by atoms with van der Waals surface area (Å²) in [6, 6.07) is 6.76. The molecule has 1 aliphatic heterocycles. The highest BCUT2D eigenvalue weighted by Gasteiger charge is 2.39. The minimum Gasteiger partial charge on any atom is -0.352 e. The van der Waals surface area contributed by atoms with Crippen molar-refractivity contribution in [2.75, 3.05) is 20.8 Å². The van der Waals surface area contributed by atoms with E-state index in [1.807, 2.05) is 0 Å². The third kappa shape index (κ3) is 1.91. The fourth-order valence-electron chi connectivity index (χ4n) is 1.88. The van der Waals surface area contributed by atoms with Crippen LogP contribution in [0.1, 0.15) is 27.6 Å². The first-order valence-electron chi connectivity index (χ1n) is 5.58. The van der Waals surface area contributed by atoms with Crippen molar-refractivity contribution in [2.45, 2.75) is 12.7 Å². The highest BCUT2D eigenvalue weighted by atomic mass is 16.7. The maximum atomic E-state index is 12.1. The number of hydrogen-bond donors (Lipinski definition) is 0. The number of benzene rings is 1. The van der Waals surface area contributed by atoms with Gasteiger partial charge in [0.15, 0.2) is 5.79 Å². The summed E-state index contributed by atoms with van der Waals surface area (Å²) in [6.07, 6.45) is 0. The second-order valence-electron chi connectivity index (χ2n) is 4.28. The van der Waals surface area contributed by atoms with Gasteiger partial charge in [0.05, 0.1) is 17.7 Å². The molecule has 0 N–H and O–H groups in total. The Kier molecular flexibility index (Phi) is 3.19. The molecule has 0 saturated carbocycles. The van der Waals surface area contributed by atoms with E-state index in [2.05, 4.69) is 0 Å². The quantitative estimate of drug-likeness (QED) is 0.596. The van der Waals surface area contributed by atoms with Gasteiger partial charge in [-0.2, -0.15) is 0 Å². The highest BCUT2D eigenvalue weighted by Crippen LogP contribution is 2.25. The van der Waals surface area contributed by atoms with Gasteiger partial charge >= 0.3 is 0 Å². The number of carbonyl (C=O) groups excluding carboxylic acids is 2. The first kappa shape index (κ1) is 12.7. The number of carbonyl (C=O) groups is 2. The number of fused-ring (bicyclic) bond motifs is 1. The summed E-state index contributed by atoms with van der Waals surface area (Å²) in [5.74, 6) is -1.61. The van der Waals surface area contributed by atoms with Crippen LogP contribution in [0.25, 0.3) is 0 Å². The Balaban J connectivity index is 2.29. The minimum absolute atomic E-state index is 0.0619. The molecule has 0 fully saturated rings. The third-order valence-corrected chi connectivity index (χ3v) is 3.19. The Bertz CT molecular complexity index is 459. The lowest BCUT2D eigenvalue weighted by molar-refractivity contribution is -0.196. The summed E-state index contributed by atoms with van der Waals surface area (Å²) in [7, 11) is 2.95. The van der Waals surface area contributed by atoms with Crippen LogP contribution in [0.4, 0.5) is 0 Å². The van der Waals surface area contributed by atoms with Crippen molar-refractivity contribution < 1.29 is 19.1 Å². The molecule has 18 heavy (non-hydrogen) atoms. The Hall–Kier alpha value is -1.72. The zero-order chi connectivity index (χ0) is 13.3. The fourth-order valence-corrected chi connectivity index (χ4v) is 1.88. The molecule has 0 spiro atoms. The Morgan fingerprint density at radius 3 is 1.89 bits per heavy atom. The average Bonchev–Trinajstić information content (AvgIpc) is 2.64. The van der Waals surface area contributed by atoms with Crippen LogP contribution in [0.3, 0.4) is 0 Å². The van der Waals surface area contributed by atoms with E-state index in [-0.39, 0.29) is 18.4 Å². The molecule has 96 valence electrons. The molecular formula is C13H15NO4. The molecular weight excluding hydrogens is 234 g/mol. The molecule has 0 bridgehead atoms. The third-order valence-electron chi connectivity index (χ3n) is 3.19. The minimum atomic E-state index is -0.993. The monoisotopic (exact) mass is 249 g/mol. The highest BCUT2D eigenvalue weighted by molar-refractivity contribution is 6.21. The average molecular weight is 249 g/mol. The van der Waals surface area contributed by atoms with Crippen LogP contribution in [-0.2, 0) is 9.47 Å². The molecule has 0 atom stereocenters. The van der Waals surface area contributed by atoms with Crippen LogP contribution in [0.5, 0.6) is 0 Å². The summed E-state index contributed by atoms with van der Waals surface area (Å²) >= 11 is 0. The number of nitrogens with zero attached hydrogens (tertiary/aromatic N) is 1. The normalized spacial score (nSPS) is 15.2. The van der Waals surface area contributed by atoms with E-state index in [1.165, 1.54) is 14.2 Å². The van der Waals surface area contributed by atoms with Gasteiger partial charge in [-0.15, -0.1) is 0 Å². The zero-order valence-electron chi connectivity index (χ0n) is 10.6. The standard InChI is InChI=1S/C13H15NO4/c1-13(17-2,18-3)8-14-11(15)9-6-4-5-7-10(9)12(14)16/h4-7H,8H2,1-3H3. The predicted molar refractivity (Wildman–Crippen MR) is 64.2 cm³/mol. The molecule has 1 aromatic rings. The maximum absolute atomic E-state index is 12.1. The van der Waals surface area contributed by atoms with Crippen molar-refractivity contribution in [1.29, 1.82) is 0 Å². The van der Waals surface area contributed by atoms with Gasteiger partial charge in [0.2, 0.25) is 0 Å². The van der Waals surface area contributed by atoms with Crippen LogP contribution in [0.2, 0.25) is 0 Å². The van der Waals surface area contributed by atoms with E-state index >= 15 is 0 Å². The van der Waals surface area contributed by atoms with Crippen molar-refractivity contribution in [3.63, 3.8) is 0 Å². The molecule has 2 amide bonds. The van der Waals surface area contributed by atoms with Crippen molar-refractivity contribution >= 4 is 11.8 Å². The summed E-state index contributed by atoms with van der Waals surface area (Å²) in [4.78, 5) is 25.4. The number of rotatable bonds is 4. The summed E-state index contributed by atoms with van der Waals surface area (Å²) < 4.78 is 10.4. The maximum Gasteiger partial charge on any atom is 0.261 e. The first-order valence-corrected chi connectivity index (χ1v) is 5.58. The molecule has 1 aromatic carbocycles. The number of ether oxygens (including phenoxy) is 2. The van der Waals surface area contributed by atoms with Gasteiger partial charge in [-0.1, -0.05) is 12.1 Å². The van der Waals surface area contributed by atoms with Crippen molar-refractivity contribution in [3.8, 4) is 0 Å². The van der Waals surface area contributed by atoms with E-state index in [0.717, 1.165) is 4.90 Å². The van der Waals surface area contributed by atoms with E-state index in [0.29, 0.717) is 11.1 Å². The molecule has 0 aromatic heterocycles. The summed E-state index contributed by atoms with van der Waals surface area (Å²) in [5, 5.41) is 0. The molecule has 5 heteroatoms. The molecule has 0 aliphatic carbocycles. The van der Waals surface area contributed by atoms with Gasteiger partial charge in [-0.05, 0) is 19.1 Å². The first-order chi connectivity index (χ1) is 8.52. The number of methoxy groups -OCH3 is 2. The Labute approximate surface area is 105 Å². The van der Waals surface area contributed by atoms with Crippen LogP contribution >= 0.6 is 0 Å². The molecule has 1 heterocycles. The van der Waals surface area contributed by atoms with Crippen LogP contribution in [0.15, 0.2) is 24.3 Å². The molecule has 0 unspecified atom stereocenters. The fraction of sp³-hybridized carbons (Fsp3) is 0.385. The van der Waals surface area contributed by atoms with Gasteiger partial charge in [-0.3, -0.25) is 14.5 Å². The van der Waals surface area contributed by atoms with E-state index < -0.39 is 5.79 Å². The van der Waals surface area contributed by atoms with Crippen molar-refractivity contribution in [3.05, 3.63) is 35.4 Å². The SMILES string of the molecule is COC(C)(CN1C(=O)c2ccccc2C1=O)OC. The Morgan fingerprint density at radius 1 is 1.06 bits per heavy atom. The Morgan fingerprint density at radius 2 is 1.50 bits per heavy atom. The van der Waals surface area contributed by atoms with Gasteiger partial charge in [-0.25, -0.2) is 0 Å².